The van der Waals surface area contributed by atoms with Gasteiger partial charge >= 0.3 is 6.18 Å². The number of nitrogen functional groups attached to an aromatic ring is 1. The van der Waals surface area contributed by atoms with Gasteiger partial charge in [0, 0.05) is 20.1 Å². The van der Waals surface area contributed by atoms with Crippen molar-refractivity contribution in [3.8, 4) is 0 Å². The normalized spacial score (nSPS) is 24.2. The lowest BCUT2D eigenvalue weighted by Gasteiger charge is -2.24. The van der Waals surface area contributed by atoms with E-state index in [1.165, 1.54) is 6.42 Å². The van der Waals surface area contributed by atoms with Gasteiger partial charge in [0.2, 0.25) is 0 Å². The van der Waals surface area contributed by atoms with Crippen molar-refractivity contribution < 1.29 is 18.0 Å². The van der Waals surface area contributed by atoms with Crippen LogP contribution in [0.1, 0.15) is 48.9 Å². The summed E-state index contributed by atoms with van der Waals surface area (Å²) >= 11 is 0. The van der Waals surface area contributed by atoms with E-state index in [2.05, 4.69) is 10.2 Å². The Morgan fingerprint density at radius 3 is 2.21 bits per heavy atom. The quantitative estimate of drug-likeness (QED) is 0.672. The molecule has 2 aliphatic carbocycles. The summed E-state index contributed by atoms with van der Waals surface area (Å²) in [5.74, 6) is 0.198. The summed E-state index contributed by atoms with van der Waals surface area (Å²) in [7, 11) is 1.82. The van der Waals surface area contributed by atoms with Crippen molar-refractivity contribution >= 4 is 23.0 Å². The monoisotopic (exact) mass is 398 g/mol. The number of nitrogens with zero attached hydrogens (tertiary/aromatic N) is 1. The van der Waals surface area contributed by atoms with E-state index in [4.69, 9.17) is 11.5 Å². The molecule has 0 bridgehead atoms. The molecule has 156 valence electrons. The first-order valence-corrected chi connectivity index (χ1v) is 9.93. The lowest BCUT2D eigenvalue weighted by atomic mass is 9.89. The van der Waals surface area contributed by atoms with Gasteiger partial charge < -0.3 is 21.7 Å². The molecule has 4 rings (SSSR count). The number of primary amides is 1. The Morgan fingerprint density at radius 1 is 1.14 bits per heavy atom. The van der Waals surface area contributed by atoms with Gasteiger partial charge in [-0.1, -0.05) is 19.3 Å². The molecule has 0 spiro atoms. The number of alkyl halides is 3. The standard InChI is InChI=1S/C13H18N4O.C7H11F3/c1-16-11-4-12(9(13(15)18)3-10(11)14)17-5-7-2-8(7)6-17;8-7(9,10)6-4-2-1-3-5-6/h3-4,7-8,16H,2,5-6,14H2,1H3,(H2,15,18);6H,1-5H2. The van der Waals surface area contributed by atoms with Crippen LogP contribution in [0.5, 0.6) is 0 Å². The summed E-state index contributed by atoms with van der Waals surface area (Å²) in [6.45, 7) is 2.05. The smallest absolute Gasteiger partial charge is 0.391 e. The number of hydrogen-bond donors (Lipinski definition) is 3. The Labute approximate surface area is 163 Å². The first kappa shape index (κ1) is 20.6. The SMILES string of the molecule is CNc1cc(N2CC3CC3C2)c(C(N)=O)cc1N.FC(F)(F)C1CCCCC1. The van der Waals surface area contributed by atoms with Crippen molar-refractivity contribution in [3.63, 3.8) is 0 Å². The van der Waals surface area contributed by atoms with Crippen LogP contribution in [0.15, 0.2) is 12.1 Å². The van der Waals surface area contributed by atoms with Crippen molar-refractivity contribution in [3.05, 3.63) is 17.7 Å². The molecule has 5 nitrogen and oxygen atoms in total. The number of benzene rings is 1. The number of rotatable bonds is 3. The highest BCUT2D eigenvalue weighted by Gasteiger charge is 2.45. The minimum absolute atomic E-state index is 0.351. The van der Waals surface area contributed by atoms with Crippen LogP contribution in [-0.2, 0) is 0 Å². The van der Waals surface area contributed by atoms with Crippen molar-refractivity contribution in [2.75, 3.05) is 36.1 Å². The molecule has 8 heteroatoms. The molecule has 0 aromatic heterocycles. The summed E-state index contributed by atoms with van der Waals surface area (Å²) in [6, 6.07) is 3.60. The Balaban J connectivity index is 0.000000192. The van der Waals surface area contributed by atoms with Crippen LogP contribution in [0.3, 0.4) is 0 Å². The third kappa shape index (κ3) is 4.64. The van der Waals surface area contributed by atoms with Gasteiger partial charge in [-0.25, -0.2) is 0 Å². The maximum absolute atomic E-state index is 11.9. The van der Waals surface area contributed by atoms with Crippen LogP contribution < -0.4 is 21.7 Å². The van der Waals surface area contributed by atoms with Crippen LogP contribution in [0.25, 0.3) is 0 Å². The van der Waals surface area contributed by atoms with E-state index in [1.54, 1.807) is 6.07 Å². The molecule has 2 atom stereocenters. The second kappa shape index (κ2) is 8.09. The maximum Gasteiger partial charge on any atom is 0.391 e. The Bertz CT molecular complexity index is 706. The maximum atomic E-state index is 11.9. The first-order chi connectivity index (χ1) is 13.2. The van der Waals surface area contributed by atoms with Gasteiger partial charge in [0.25, 0.3) is 5.91 Å². The zero-order valence-electron chi connectivity index (χ0n) is 16.2. The molecule has 2 unspecified atom stereocenters. The summed E-state index contributed by atoms with van der Waals surface area (Å²) in [4.78, 5) is 13.8. The number of carbonyl (C=O) groups excluding carboxylic acids is 1. The summed E-state index contributed by atoms with van der Waals surface area (Å²) in [5.41, 5.74) is 14.2. The number of nitrogens with one attached hydrogen (secondary N) is 1. The summed E-state index contributed by atoms with van der Waals surface area (Å²) in [5, 5.41) is 3.04. The van der Waals surface area contributed by atoms with Gasteiger partial charge in [-0.05, 0) is 43.2 Å². The van der Waals surface area contributed by atoms with Crippen molar-refractivity contribution in [1.29, 1.82) is 0 Å². The molecule has 3 fully saturated rings. The second-order valence-electron chi connectivity index (χ2n) is 8.11. The van der Waals surface area contributed by atoms with Crippen molar-refractivity contribution in [2.24, 2.45) is 23.5 Å². The average molecular weight is 398 g/mol. The Kier molecular flexibility index (Phi) is 5.95. The highest BCUT2D eigenvalue weighted by Crippen LogP contribution is 2.47. The van der Waals surface area contributed by atoms with E-state index in [9.17, 15) is 18.0 Å². The highest BCUT2D eigenvalue weighted by atomic mass is 19.4. The third-order valence-corrected chi connectivity index (χ3v) is 6.09. The van der Waals surface area contributed by atoms with Crippen molar-refractivity contribution in [1.82, 2.24) is 0 Å². The molecule has 0 radical (unpaired) electrons. The van der Waals surface area contributed by atoms with Gasteiger partial charge in [-0.3, -0.25) is 4.79 Å². The summed E-state index contributed by atoms with van der Waals surface area (Å²) in [6.07, 6.45) is 0.588. The van der Waals surface area contributed by atoms with Gasteiger partial charge in [0.05, 0.1) is 28.5 Å². The number of carbonyl (C=O) groups is 1. The second-order valence-corrected chi connectivity index (χ2v) is 8.11. The number of anilines is 3. The van der Waals surface area contributed by atoms with Gasteiger partial charge in [-0.2, -0.15) is 13.2 Å². The first-order valence-electron chi connectivity index (χ1n) is 9.93. The van der Waals surface area contributed by atoms with Crippen LogP contribution >= 0.6 is 0 Å². The fourth-order valence-corrected chi connectivity index (χ4v) is 4.31. The van der Waals surface area contributed by atoms with E-state index in [1.807, 2.05) is 13.1 Å². The molecule has 1 saturated heterocycles. The summed E-state index contributed by atoms with van der Waals surface area (Å²) < 4.78 is 35.8. The van der Waals surface area contributed by atoms with Gasteiger partial charge in [-0.15, -0.1) is 0 Å². The van der Waals surface area contributed by atoms with Crippen LogP contribution in [0, 0.1) is 17.8 Å². The lowest BCUT2D eigenvalue weighted by molar-refractivity contribution is -0.181. The van der Waals surface area contributed by atoms with E-state index in [0.29, 0.717) is 24.1 Å². The molecular formula is C20H29F3N4O. The molecule has 3 aliphatic rings. The zero-order chi connectivity index (χ0) is 20.5. The van der Waals surface area contributed by atoms with E-state index >= 15 is 0 Å². The highest BCUT2D eigenvalue weighted by molar-refractivity contribution is 6.01. The Morgan fingerprint density at radius 2 is 1.75 bits per heavy atom. The largest absolute Gasteiger partial charge is 0.397 e. The number of fused-ring (bicyclic) bond motifs is 1. The molecule has 28 heavy (non-hydrogen) atoms. The van der Waals surface area contributed by atoms with Gasteiger partial charge in [0.15, 0.2) is 0 Å². The fourth-order valence-electron chi connectivity index (χ4n) is 4.31. The molecule has 1 aromatic carbocycles. The molecule has 1 amide bonds. The van der Waals surface area contributed by atoms with E-state index < -0.39 is 18.0 Å². The zero-order valence-corrected chi connectivity index (χ0v) is 16.2. The predicted octanol–water partition coefficient (Wildman–Crippen LogP) is 3.99. The van der Waals surface area contributed by atoms with Crippen LogP contribution in [-0.4, -0.2) is 32.2 Å². The minimum Gasteiger partial charge on any atom is -0.397 e. The number of amides is 1. The number of hydrogen-bond acceptors (Lipinski definition) is 4. The fraction of sp³-hybridized carbons (Fsp3) is 0.650. The van der Waals surface area contributed by atoms with E-state index in [0.717, 1.165) is 55.6 Å². The number of piperidine rings is 1. The van der Waals surface area contributed by atoms with Crippen LogP contribution in [0.4, 0.5) is 30.2 Å². The average Bonchev–Trinajstić information content (AvgIpc) is 3.27. The van der Waals surface area contributed by atoms with E-state index in [-0.39, 0.29) is 0 Å². The molecule has 1 heterocycles. The lowest BCUT2D eigenvalue weighted by Crippen LogP contribution is -2.26. The minimum atomic E-state index is -3.93. The molecule has 5 N–H and O–H groups in total. The van der Waals surface area contributed by atoms with Crippen molar-refractivity contribution in [2.45, 2.75) is 44.7 Å². The molecule has 1 aliphatic heterocycles. The third-order valence-electron chi connectivity index (χ3n) is 6.09. The molecule has 2 saturated carbocycles. The van der Waals surface area contributed by atoms with Crippen LogP contribution in [0.2, 0.25) is 0 Å². The van der Waals surface area contributed by atoms with Gasteiger partial charge in [0.1, 0.15) is 0 Å². The predicted molar refractivity (Wildman–Crippen MR) is 105 cm³/mol. The Hall–Kier alpha value is -2.12. The molecular weight excluding hydrogens is 369 g/mol. The molecule has 1 aromatic rings. The number of nitrogens with two attached hydrogens (primary N) is 2. The number of halogens is 3. The topological polar surface area (TPSA) is 84.4 Å².